The molecule has 0 atom stereocenters. The molecule has 0 aliphatic carbocycles. The summed E-state index contributed by atoms with van der Waals surface area (Å²) in [5.74, 6) is 0.844. The zero-order valence-electron chi connectivity index (χ0n) is 16.1. The van der Waals surface area contributed by atoms with Crippen LogP contribution < -0.4 is 10.2 Å². The fourth-order valence-corrected chi connectivity index (χ4v) is 2.77. The van der Waals surface area contributed by atoms with Crippen molar-refractivity contribution in [2.24, 2.45) is 5.10 Å². The maximum atomic E-state index is 12.0. The van der Waals surface area contributed by atoms with Gasteiger partial charge in [-0.1, -0.05) is 86.6 Å². The molecule has 0 bridgehead atoms. The lowest BCUT2D eigenvalue weighted by Gasteiger charge is -2.10. The van der Waals surface area contributed by atoms with Crippen LogP contribution in [0, 0.1) is 0 Å². The second kappa shape index (κ2) is 9.51. The van der Waals surface area contributed by atoms with E-state index in [0.717, 1.165) is 16.7 Å². The van der Waals surface area contributed by atoms with Crippen molar-refractivity contribution in [2.45, 2.75) is 19.8 Å². The summed E-state index contributed by atoms with van der Waals surface area (Å²) < 4.78 is 5.71. The molecule has 142 valence electrons. The molecule has 3 rings (SSSR count). The number of benzene rings is 3. The highest BCUT2D eigenvalue weighted by molar-refractivity contribution is 5.83. The molecule has 0 fully saturated rings. The highest BCUT2D eigenvalue weighted by atomic mass is 16.5. The zero-order valence-corrected chi connectivity index (χ0v) is 16.1. The predicted octanol–water partition coefficient (Wildman–Crippen LogP) is 5.01. The third-order valence-electron chi connectivity index (χ3n) is 4.34. The molecule has 1 amide bonds. The van der Waals surface area contributed by atoms with Crippen molar-refractivity contribution in [3.05, 3.63) is 90.0 Å². The molecule has 4 heteroatoms. The summed E-state index contributed by atoms with van der Waals surface area (Å²) in [4.78, 5) is 12.0. The van der Waals surface area contributed by atoms with E-state index < -0.39 is 0 Å². The molecular formula is C24H24N2O2. The Morgan fingerprint density at radius 3 is 2.36 bits per heavy atom. The fraction of sp³-hybridized carbons (Fsp3) is 0.167. The van der Waals surface area contributed by atoms with Crippen LogP contribution in [0.15, 0.2) is 84.0 Å². The summed E-state index contributed by atoms with van der Waals surface area (Å²) >= 11 is 0. The largest absolute Gasteiger partial charge is 0.483 e. The van der Waals surface area contributed by atoms with E-state index in [1.54, 1.807) is 6.21 Å². The molecule has 1 N–H and O–H groups in total. The van der Waals surface area contributed by atoms with Gasteiger partial charge in [0.25, 0.3) is 5.91 Å². The minimum Gasteiger partial charge on any atom is -0.483 e. The van der Waals surface area contributed by atoms with Crippen LogP contribution >= 0.6 is 0 Å². The lowest BCUT2D eigenvalue weighted by Crippen LogP contribution is -2.24. The number of hydrogen-bond donors (Lipinski definition) is 1. The van der Waals surface area contributed by atoms with Gasteiger partial charge in [-0.3, -0.25) is 4.79 Å². The van der Waals surface area contributed by atoms with Crippen molar-refractivity contribution < 1.29 is 9.53 Å². The van der Waals surface area contributed by atoms with Crippen molar-refractivity contribution in [3.63, 3.8) is 0 Å². The van der Waals surface area contributed by atoms with E-state index in [4.69, 9.17) is 4.74 Å². The maximum absolute atomic E-state index is 12.0. The van der Waals surface area contributed by atoms with Crippen LogP contribution in [0.3, 0.4) is 0 Å². The summed E-state index contributed by atoms with van der Waals surface area (Å²) in [6.07, 6.45) is 1.62. The van der Waals surface area contributed by atoms with Crippen LogP contribution in [0.4, 0.5) is 0 Å². The number of amides is 1. The topological polar surface area (TPSA) is 50.7 Å². The summed E-state index contributed by atoms with van der Waals surface area (Å²) in [5, 5.41) is 4.00. The monoisotopic (exact) mass is 372 g/mol. The maximum Gasteiger partial charge on any atom is 0.277 e. The molecule has 3 aromatic carbocycles. The van der Waals surface area contributed by atoms with Gasteiger partial charge in [-0.15, -0.1) is 0 Å². The van der Waals surface area contributed by atoms with Gasteiger partial charge < -0.3 is 4.74 Å². The van der Waals surface area contributed by atoms with Gasteiger partial charge in [-0.05, 0) is 28.7 Å². The predicted molar refractivity (Wildman–Crippen MR) is 114 cm³/mol. The van der Waals surface area contributed by atoms with Crippen molar-refractivity contribution in [2.75, 3.05) is 6.61 Å². The second-order valence-electron chi connectivity index (χ2n) is 6.77. The zero-order chi connectivity index (χ0) is 19.8. The van der Waals surface area contributed by atoms with Gasteiger partial charge in [-0.2, -0.15) is 5.10 Å². The summed E-state index contributed by atoms with van der Waals surface area (Å²) in [6.45, 7) is 4.20. The van der Waals surface area contributed by atoms with E-state index >= 15 is 0 Å². The SMILES string of the molecule is CC(C)c1ccc(/C=N/NC(=O)COc2ccccc2-c2ccccc2)cc1. The Morgan fingerprint density at radius 2 is 1.64 bits per heavy atom. The van der Waals surface area contributed by atoms with Gasteiger partial charge in [-0.25, -0.2) is 5.43 Å². The fourth-order valence-electron chi connectivity index (χ4n) is 2.77. The summed E-state index contributed by atoms with van der Waals surface area (Å²) in [7, 11) is 0. The van der Waals surface area contributed by atoms with Crippen LogP contribution in [0.5, 0.6) is 5.75 Å². The quantitative estimate of drug-likeness (QED) is 0.468. The molecule has 0 saturated carbocycles. The minimum atomic E-state index is -0.307. The number of nitrogens with one attached hydrogen (secondary N) is 1. The van der Waals surface area contributed by atoms with E-state index in [9.17, 15) is 4.79 Å². The van der Waals surface area contributed by atoms with Crippen LogP contribution in [0.1, 0.15) is 30.9 Å². The number of nitrogens with zero attached hydrogens (tertiary/aromatic N) is 1. The number of ether oxygens (including phenoxy) is 1. The van der Waals surface area contributed by atoms with Gasteiger partial charge in [0.05, 0.1) is 6.21 Å². The molecule has 0 spiro atoms. The van der Waals surface area contributed by atoms with Crippen LogP contribution in [-0.2, 0) is 4.79 Å². The number of hydrazone groups is 1. The molecule has 0 radical (unpaired) electrons. The highest BCUT2D eigenvalue weighted by Crippen LogP contribution is 2.29. The Balaban J connectivity index is 1.55. The second-order valence-corrected chi connectivity index (χ2v) is 6.77. The molecule has 0 aliphatic heterocycles. The van der Waals surface area contributed by atoms with E-state index in [1.807, 2.05) is 66.7 Å². The number of carbonyl (C=O) groups is 1. The van der Waals surface area contributed by atoms with Crippen molar-refractivity contribution in [1.29, 1.82) is 0 Å². The first-order valence-electron chi connectivity index (χ1n) is 9.32. The third-order valence-corrected chi connectivity index (χ3v) is 4.34. The molecular weight excluding hydrogens is 348 g/mol. The first-order chi connectivity index (χ1) is 13.6. The standard InChI is InChI=1S/C24H24N2O2/c1-18(2)20-14-12-19(13-15-20)16-25-26-24(27)17-28-23-11-7-6-10-22(23)21-8-4-3-5-9-21/h3-16,18H,17H2,1-2H3,(H,26,27)/b25-16+. The first-order valence-corrected chi connectivity index (χ1v) is 9.32. The van der Waals surface area contributed by atoms with Crippen molar-refractivity contribution >= 4 is 12.1 Å². The van der Waals surface area contributed by atoms with Gasteiger partial charge >= 0.3 is 0 Å². The van der Waals surface area contributed by atoms with Crippen LogP contribution in [0.2, 0.25) is 0 Å². The molecule has 0 heterocycles. The number of carbonyl (C=O) groups excluding carboxylic acids is 1. The minimum absolute atomic E-state index is 0.104. The average molecular weight is 372 g/mol. The average Bonchev–Trinajstić information content (AvgIpc) is 2.73. The smallest absolute Gasteiger partial charge is 0.277 e. The van der Waals surface area contributed by atoms with Crippen molar-refractivity contribution in [1.82, 2.24) is 5.43 Å². The molecule has 28 heavy (non-hydrogen) atoms. The number of para-hydroxylation sites is 1. The molecule has 0 unspecified atom stereocenters. The number of rotatable bonds is 7. The Bertz CT molecular complexity index is 932. The Morgan fingerprint density at radius 1 is 0.964 bits per heavy atom. The molecule has 4 nitrogen and oxygen atoms in total. The van der Waals surface area contributed by atoms with E-state index in [2.05, 4.69) is 36.5 Å². The first kappa shape index (κ1) is 19.4. The van der Waals surface area contributed by atoms with Gasteiger partial charge in [0.15, 0.2) is 6.61 Å². The lowest BCUT2D eigenvalue weighted by molar-refractivity contribution is -0.123. The summed E-state index contributed by atoms with van der Waals surface area (Å²) in [5.41, 5.74) is 6.70. The Hall–Kier alpha value is -3.40. The van der Waals surface area contributed by atoms with Crippen molar-refractivity contribution in [3.8, 4) is 16.9 Å². The van der Waals surface area contributed by atoms with E-state index in [1.165, 1.54) is 5.56 Å². The normalized spacial score (nSPS) is 11.0. The Labute approximate surface area is 165 Å². The van der Waals surface area contributed by atoms with E-state index in [0.29, 0.717) is 11.7 Å². The lowest BCUT2D eigenvalue weighted by atomic mass is 10.0. The molecule has 3 aromatic rings. The molecule has 0 aliphatic rings. The third kappa shape index (κ3) is 5.30. The Kier molecular flexibility index (Phi) is 6.58. The summed E-state index contributed by atoms with van der Waals surface area (Å²) in [6, 6.07) is 25.7. The van der Waals surface area contributed by atoms with Crippen LogP contribution in [-0.4, -0.2) is 18.7 Å². The number of hydrogen-bond acceptors (Lipinski definition) is 3. The molecule has 0 saturated heterocycles. The van der Waals surface area contributed by atoms with Crippen LogP contribution in [0.25, 0.3) is 11.1 Å². The highest BCUT2D eigenvalue weighted by Gasteiger charge is 2.07. The van der Waals surface area contributed by atoms with Gasteiger partial charge in [0.1, 0.15) is 5.75 Å². The molecule has 0 aromatic heterocycles. The van der Waals surface area contributed by atoms with Gasteiger partial charge in [0.2, 0.25) is 0 Å². The van der Waals surface area contributed by atoms with Gasteiger partial charge in [0, 0.05) is 5.56 Å². The van der Waals surface area contributed by atoms with E-state index in [-0.39, 0.29) is 12.5 Å².